The lowest BCUT2D eigenvalue weighted by molar-refractivity contribution is 0.133. The molecule has 4 heteroatoms. The molecule has 0 unspecified atom stereocenters. The summed E-state index contributed by atoms with van der Waals surface area (Å²) in [7, 11) is 1.72. The second-order valence-corrected chi connectivity index (χ2v) is 7.74. The van der Waals surface area contributed by atoms with E-state index < -0.39 is 0 Å². The van der Waals surface area contributed by atoms with E-state index in [0.29, 0.717) is 12.5 Å². The SMILES string of the molecule is COc1cccc2c1[C@H]1Nc3ccc(Br)cc3C(C)(C)[C@H]1CO2. The Labute approximate surface area is 145 Å². The standard InChI is InChI=1S/C19H20BrNO2/c1-19(2)12-9-11(20)7-8-14(12)21-18-13(19)10-23-16-6-4-5-15(22-3)17(16)18/h4-9,13,18,21H,10H2,1-3H3/t13-,18-/m0/s1. The molecule has 0 radical (unpaired) electrons. The highest BCUT2D eigenvalue weighted by Crippen LogP contribution is 2.54. The highest BCUT2D eigenvalue weighted by Gasteiger charge is 2.47. The number of benzene rings is 2. The van der Waals surface area contributed by atoms with Gasteiger partial charge in [-0.25, -0.2) is 0 Å². The quantitative estimate of drug-likeness (QED) is 0.769. The number of fused-ring (bicyclic) bond motifs is 4. The molecule has 0 saturated carbocycles. The first-order chi connectivity index (χ1) is 11.0. The van der Waals surface area contributed by atoms with Gasteiger partial charge in [0.05, 0.1) is 25.3 Å². The second kappa shape index (κ2) is 5.17. The predicted molar refractivity (Wildman–Crippen MR) is 95.5 cm³/mol. The topological polar surface area (TPSA) is 30.5 Å². The fourth-order valence-electron chi connectivity index (χ4n) is 3.95. The van der Waals surface area contributed by atoms with E-state index in [4.69, 9.17) is 9.47 Å². The average Bonchev–Trinajstić information content (AvgIpc) is 2.55. The average molecular weight is 374 g/mol. The van der Waals surface area contributed by atoms with Crippen LogP contribution in [0, 0.1) is 5.92 Å². The van der Waals surface area contributed by atoms with Crippen molar-refractivity contribution in [1.29, 1.82) is 0 Å². The van der Waals surface area contributed by atoms with Crippen molar-refractivity contribution in [2.75, 3.05) is 19.0 Å². The molecule has 0 fully saturated rings. The minimum Gasteiger partial charge on any atom is -0.496 e. The maximum atomic E-state index is 6.08. The predicted octanol–water partition coefficient (Wildman–Crippen LogP) is 4.91. The van der Waals surface area contributed by atoms with E-state index in [0.717, 1.165) is 21.5 Å². The largest absolute Gasteiger partial charge is 0.496 e. The van der Waals surface area contributed by atoms with E-state index in [1.54, 1.807) is 7.11 Å². The number of halogens is 1. The second-order valence-electron chi connectivity index (χ2n) is 6.82. The number of methoxy groups -OCH3 is 1. The van der Waals surface area contributed by atoms with Gasteiger partial charge >= 0.3 is 0 Å². The van der Waals surface area contributed by atoms with Crippen LogP contribution in [0.2, 0.25) is 0 Å². The van der Waals surface area contributed by atoms with Crippen LogP contribution in [0.3, 0.4) is 0 Å². The fraction of sp³-hybridized carbons (Fsp3) is 0.368. The van der Waals surface area contributed by atoms with Crippen molar-refractivity contribution in [3.05, 3.63) is 52.0 Å². The first-order valence-corrected chi connectivity index (χ1v) is 8.68. The third kappa shape index (κ3) is 2.15. The smallest absolute Gasteiger partial charge is 0.128 e. The van der Waals surface area contributed by atoms with Crippen LogP contribution in [0.15, 0.2) is 40.9 Å². The molecule has 2 aromatic rings. The van der Waals surface area contributed by atoms with Crippen LogP contribution in [0.5, 0.6) is 11.5 Å². The van der Waals surface area contributed by atoms with E-state index in [2.05, 4.69) is 53.3 Å². The number of ether oxygens (including phenoxy) is 2. The summed E-state index contributed by atoms with van der Waals surface area (Å²) in [5.41, 5.74) is 3.66. The molecule has 2 atom stereocenters. The Bertz CT molecular complexity index is 758. The summed E-state index contributed by atoms with van der Waals surface area (Å²) >= 11 is 3.60. The molecule has 0 spiro atoms. The van der Waals surface area contributed by atoms with Gasteiger partial charge in [0.1, 0.15) is 11.5 Å². The Morgan fingerprint density at radius 2 is 2.09 bits per heavy atom. The van der Waals surface area contributed by atoms with Gasteiger partial charge in [-0.05, 0) is 35.9 Å². The molecule has 2 heterocycles. The van der Waals surface area contributed by atoms with Crippen LogP contribution in [-0.2, 0) is 5.41 Å². The van der Waals surface area contributed by atoms with E-state index in [-0.39, 0.29) is 11.5 Å². The van der Waals surface area contributed by atoms with Crippen molar-refractivity contribution >= 4 is 21.6 Å². The molecule has 0 bridgehead atoms. The van der Waals surface area contributed by atoms with Crippen molar-refractivity contribution < 1.29 is 9.47 Å². The van der Waals surface area contributed by atoms with Crippen molar-refractivity contribution in [2.24, 2.45) is 5.92 Å². The van der Waals surface area contributed by atoms with Crippen LogP contribution < -0.4 is 14.8 Å². The third-order valence-corrected chi connectivity index (χ3v) is 5.78. The Kier molecular flexibility index (Phi) is 3.34. The van der Waals surface area contributed by atoms with E-state index >= 15 is 0 Å². The van der Waals surface area contributed by atoms with Crippen molar-refractivity contribution in [2.45, 2.75) is 25.3 Å². The molecule has 0 saturated heterocycles. The Balaban J connectivity index is 1.90. The Morgan fingerprint density at radius 3 is 2.87 bits per heavy atom. The molecule has 3 nitrogen and oxygen atoms in total. The van der Waals surface area contributed by atoms with Crippen LogP contribution >= 0.6 is 15.9 Å². The van der Waals surface area contributed by atoms with Crippen LogP contribution in [0.1, 0.15) is 31.0 Å². The number of hydrogen-bond acceptors (Lipinski definition) is 3. The van der Waals surface area contributed by atoms with Gasteiger partial charge in [-0.15, -0.1) is 0 Å². The molecule has 2 aliphatic heterocycles. The molecule has 1 N–H and O–H groups in total. The summed E-state index contributed by atoms with van der Waals surface area (Å²) in [6.45, 7) is 5.32. The van der Waals surface area contributed by atoms with Crippen molar-refractivity contribution in [3.8, 4) is 11.5 Å². The zero-order valence-electron chi connectivity index (χ0n) is 13.5. The normalized spacial score (nSPS) is 23.7. The zero-order chi connectivity index (χ0) is 16.2. The summed E-state index contributed by atoms with van der Waals surface area (Å²) in [4.78, 5) is 0. The molecule has 23 heavy (non-hydrogen) atoms. The van der Waals surface area contributed by atoms with Gasteiger partial charge < -0.3 is 14.8 Å². The van der Waals surface area contributed by atoms with Crippen LogP contribution in [-0.4, -0.2) is 13.7 Å². The minimum absolute atomic E-state index is 0.00751. The molecule has 2 aromatic carbocycles. The van der Waals surface area contributed by atoms with Gasteiger partial charge in [0.15, 0.2) is 0 Å². The van der Waals surface area contributed by atoms with Crippen molar-refractivity contribution in [1.82, 2.24) is 0 Å². The lowest BCUT2D eigenvalue weighted by atomic mass is 9.65. The third-order valence-electron chi connectivity index (χ3n) is 5.29. The summed E-state index contributed by atoms with van der Waals surface area (Å²) in [5, 5.41) is 3.73. The summed E-state index contributed by atoms with van der Waals surface area (Å²) < 4.78 is 12.8. The number of nitrogens with one attached hydrogen (secondary N) is 1. The van der Waals surface area contributed by atoms with Gasteiger partial charge in [-0.2, -0.15) is 0 Å². The van der Waals surface area contributed by atoms with E-state index in [1.807, 2.05) is 18.2 Å². The molecule has 2 aliphatic rings. The minimum atomic E-state index is 0.00751. The first kappa shape index (κ1) is 14.9. The van der Waals surface area contributed by atoms with Gasteiger partial charge in [-0.3, -0.25) is 0 Å². The molecule has 4 rings (SSSR count). The number of rotatable bonds is 1. The zero-order valence-corrected chi connectivity index (χ0v) is 15.1. The molecular formula is C19H20BrNO2. The molecule has 0 aliphatic carbocycles. The molecular weight excluding hydrogens is 354 g/mol. The molecule has 0 amide bonds. The van der Waals surface area contributed by atoms with E-state index in [1.165, 1.54) is 11.3 Å². The lowest BCUT2D eigenvalue weighted by Gasteiger charge is -2.48. The van der Waals surface area contributed by atoms with Crippen LogP contribution in [0.4, 0.5) is 5.69 Å². The first-order valence-electron chi connectivity index (χ1n) is 7.88. The Hall–Kier alpha value is -1.68. The molecule has 0 aromatic heterocycles. The van der Waals surface area contributed by atoms with Crippen molar-refractivity contribution in [3.63, 3.8) is 0 Å². The fourth-order valence-corrected chi connectivity index (χ4v) is 4.31. The highest BCUT2D eigenvalue weighted by atomic mass is 79.9. The van der Waals surface area contributed by atoms with E-state index in [9.17, 15) is 0 Å². The van der Waals surface area contributed by atoms with Gasteiger partial charge in [0.2, 0.25) is 0 Å². The van der Waals surface area contributed by atoms with Gasteiger partial charge in [0.25, 0.3) is 0 Å². The monoisotopic (exact) mass is 373 g/mol. The van der Waals surface area contributed by atoms with Gasteiger partial charge in [-0.1, -0.05) is 35.8 Å². The summed E-state index contributed by atoms with van der Waals surface area (Å²) in [6.07, 6.45) is 0. The summed E-state index contributed by atoms with van der Waals surface area (Å²) in [5.74, 6) is 2.16. The highest BCUT2D eigenvalue weighted by molar-refractivity contribution is 9.10. The number of hydrogen-bond donors (Lipinski definition) is 1. The Morgan fingerprint density at radius 1 is 1.26 bits per heavy atom. The van der Waals surface area contributed by atoms with Gasteiger partial charge in [0, 0.05) is 21.5 Å². The number of anilines is 1. The summed E-state index contributed by atoms with van der Waals surface area (Å²) in [6, 6.07) is 12.7. The molecule has 120 valence electrons. The maximum absolute atomic E-state index is 6.08. The lowest BCUT2D eigenvalue weighted by Crippen LogP contribution is -2.46. The maximum Gasteiger partial charge on any atom is 0.128 e. The van der Waals surface area contributed by atoms with Crippen LogP contribution in [0.25, 0.3) is 0 Å².